The second kappa shape index (κ2) is 10.8. The molecule has 2 heterocycles. The van der Waals surface area contributed by atoms with Gasteiger partial charge in [-0.05, 0) is 73.0 Å². The third-order valence-electron chi connectivity index (χ3n) is 6.38. The largest absolute Gasteiger partial charge is 0.494 e. The first-order chi connectivity index (χ1) is 19.4. The average Bonchev–Trinajstić information content (AvgIpc) is 2.91. The summed E-state index contributed by atoms with van der Waals surface area (Å²) >= 11 is 0. The molecule has 1 aliphatic rings. The molecule has 0 unspecified atom stereocenters. The van der Waals surface area contributed by atoms with Crippen LogP contribution in [-0.4, -0.2) is 16.2 Å². The smallest absolute Gasteiger partial charge is 0.419 e. The summed E-state index contributed by atoms with van der Waals surface area (Å²) in [5.41, 5.74) is -0.413. The Bertz CT molecular complexity index is 1650. The van der Waals surface area contributed by atoms with E-state index in [9.17, 15) is 31.1 Å². The molecule has 1 aliphatic heterocycles. The zero-order valence-corrected chi connectivity index (χ0v) is 21.5. The van der Waals surface area contributed by atoms with Crippen molar-refractivity contribution in [2.24, 2.45) is 0 Å². The van der Waals surface area contributed by atoms with E-state index in [0.717, 1.165) is 41.5 Å². The van der Waals surface area contributed by atoms with Gasteiger partial charge in [-0.1, -0.05) is 12.1 Å². The van der Waals surface area contributed by atoms with Gasteiger partial charge in [0, 0.05) is 18.2 Å². The summed E-state index contributed by atoms with van der Waals surface area (Å²) in [6.45, 7) is 2.41. The maximum atomic E-state index is 13.9. The van der Waals surface area contributed by atoms with Crippen LogP contribution in [0, 0.1) is 0 Å². The summed E-state index contributed by atoms with van der Waals surface area (Å²) in [4.78, 5) is 16.6. The predicted octanol–water partition coefficient (Wildman–Crippen LogP) is 7.27. The van der Waals surface area contributed by atoms with E-state index in [1.54, 1.807) is 12.1 Å². The second-order valence-electron chi connectivity index (χ2n) is 9.16. The Morgan fingerprint density at radius 2 is 1.68 bits per heavy atom. The van der Waals surface area contributed by atoms with Crippen molar-refractivity contribution in [2.45, 2.75) is 38.8 Å². The minimum atomic E-state index is -4.88. The van der Waals surface area contributed by atoms with Gasteiger partial charge in [0.05, 0.1) is 23.4 Å². The van der Waals surface area contributed by atoms with Crippen molar-refractivity contribution in [3.63, 3.8) is 0 Å². The van der Waals surface area contributed by atoms with Crippen molar-refractivity contribution in [2.75, 3.05) is 6.61 Å². The Morgan fingerprint density at radius 1 is 0.878 bits per heavy atom. The van der Waals surface area contributed by atoms with Crippen LogP contribution in [0.1, 0.15) is 29.2 Å². The van der Waals surface area contributed by atoms with Crippen LogP contribution in [0.3, 0.4) is 0 Å². The van der Waals surface area contributed by atoms with E-state index < -0.39 is 40.7 Å². The van der Waals surface area contributed by atoms with Gasteiger partial charge in [-0.15, -0.1) is 0 Å². The first-order valence-corrected chi connectivity index (χ1v) is 12.5. The fourth-order valence-corrected chi connectivity index (χ4v) is 4.51. The molecule has 0 saturated heterocycles. The first kappa shape index (κ1) is 28.1. The minimum absolute atomic E-state index is 0.0687. The van der Waals surface area contributed by atoms with E-state index in [2.05, 4.69) is 4.98 Å². The molecular formula is C29H22F6N2O4. The number of rotatable bonds is 7. The molecule has 0 aliphatic carbocycles. The highest BCUT2D eigenvalue weighted by Crippen LogP contribution is 2.40. The highest BCUT2D eigenvalue weighted by Gasteiger charge is 2.35. The van der Waals surface area contributed by atoms with E-state index in [4.69, 9.17) is 14.2 Å². The number of alkyl halides is 6. The molecule has 0 N–H and O–H groups in total. The lowest BCUT2D eigenvalue weighted by atomic mass is 9.97. The summed E-state index contributed by atoms with van der Waals surface area (Å²) in [6.07, 6.45) is -8.96. The van der Waals surface area contributed by atoms with Crippen molar-refractivity contribution in [1.82, 2.24) is 9.55 Å². The molecule has 0 spiro atoms. The van der Waals surface area contributed by atoms with Gasteiger partial charge in [0.1, 0.15) is 23.9 Å². The Labute approximate surface area is 229 Å². The zero-order chi connectivity index (χ0) is 29.4. The fraction of sp³-hybridized carbons (Fsp3) is 0.241. The molecule has 3 aromatic carbocycles. The van der Waals surface area contributed by atoms with Crippen molar-refractivity contribution in [1.29, 1.82) is 0 Å². The summed E-state index contributed by atoms with van der Waals surface area (Å²) in [6, 6.07) is 13.7. The lowest BCUT2D eigenvalue weighted by molar-refractivity contribution is -0.139. The van der Waals surface area contributed by atoms with Crippen LogP contribution in [0.25, 0.3) is 11.3 Å². The Kier molecular flexibility index (Phi) is 7.41. The highest BCUT2D eigenvalue weighted by molar-refractivity contribution is 5.67. The van der Waals surface area contributed by atoms with E-state index in [-0.39, 0.29) is 18.1 Å². The van der Waals surface area contributed by atoms with Crippen LogP contribution in [-0.2, 0) is 31.9 Å². The first-order valence-electron chi connectivity index (χ1n) is 12.5. The van der Waals surface area contributed by atoms with Gasteiger partial charge < -0.3 is 14.2 Å². The van der Waals surface area contributed by atoms with E-state index >= 15 is 0 Å². The second-order valence-corrected chi connectivity index (χ2v) is 9.16. The predicted molar refractivity (Wildman–Crippen MR) is 136 cm³/mol. The molecule has 0 amide bonds. The third kappa shape index (κ3) is 6.16. The molecule has 41 heavy (non-hydrogen) atoms. The zero-order valence-electron chi connectivity index (χ0n) is 21.5. The number of benzene rings is 3. The number of ether oxygens (including phenoxy) is 3. The van der Waals surface area contributed by atoms with Crippen LogP contribution in [0.2, 0.25) is 0 Å². The van der Waals surface area contributed by atoms with Crippen LogP contribution in [0.4, 0.5) is 26.3 Å². The van der Waals surface area contributed by atoms with Crippen LogP contribution < -0.4 is 19.9 Å². The summed E-state index contributed by atoms with van der Waals surface area (Å²) < 4.78 is 98.4. The molecule has 214 valence electrons. The summed E-state index contributed by atoms with van der Waals surface area (Å²) in [7, 11) is 0. The van der Waals surface area contributed by atoms with E-state index in [0.29, 0.717) is 37.1 Å². The standard InChI is InChI=1S/C29H22F6N2O4/c1-2-39-20-7-8-22-18(13-20)10-11-37-24(22)15-26(36-27(37)38)40-16-17-6-9-25(23(12-17)29(33,34)35)41-21-5-3-4-19(14-21)28(30,31)32/h3-9,12-15H,2,10-11,16H2,1H3. The van der Waals surface area contributed by atoms with Gasteiger partial charge in [-0.25, -0.2) is 4.79 Å². The molecule has 0 fully saturated rings. The lowest BCUT2D eigenvalue weighted by Crippen LogP contribution is -2.28. The normalized spacial score (nSPS) is 12.9. The SMILES string of the molecule is CCOc1ccc2c(c1)CCn1c-2cc(OCc2ccc(Oc3cccc(C(F)(F)F)c3)c(C(F)(F)F)c2)nc1=O. The van der Waals surface area contributed by atoms with Crippen LogP contribution in [0.15, 0.2) is 71.5 Å². The third-order valence-corrected chi connectivity index (χ3v) is 6.38. The van der Waals surface area contributed by atoms with Crippen molar-refractivity contribution < 1.29 is 40.6 Å². The fourth-order valence-electron chi connectivity index (χ4n) is 4.51. The summed E-state index contributed by atoms with van der Waals surface area (Å²) in [5, 5.41) is 0. The van der Waals surface area contributed by atoms with Gasteiger partial charge in [-0.2, -0.15) is 31.3 Å². The monoisotopic (exact) mass is 576 g/mol. The average molecular weight is 576 g/mol. The molecular weight excluding hydrogens is 554 g/mol. The lowest BCUT2D eigenvalue weighted by Gasteiger charge is -2.22. The van der Waals surface area contributed by atoms with Crippen LogP contribution in [0.5, 0.6) is 23.1 Å². The van der Waals surface area contributed by atoms with Gasteiger partial charge in [-0.3, -0.25) is 4.57 Å². The number of fused-ring (bicyclic) bond motifs is 3. The number of hydrogen-bond acceptors (Lipinski definition) is 5. The van der Waals surface area contributed by atoms with Gasteiger partial charge in [0.2, 0.25) is 5.88 Å². The minimum Gasteiger partial charge on any atom is -0.494 e. The van der Waals surface area contributed by atoms with Gasteiger partial charge >= 0.3 is 18.0 Å². The highest BCUT2D eigenvalue weighted by atomic mass is 19.4. The van der Waals surface area contributed by atoms with Gasteiger partial charge in [0.15, 0.2) is 0 Å². The van der Waals surface area contributed by atoms with Crippen molar-refractivity contribution >= 4 is 0 Å². The van der Waals surface area contributed by atoms with E-state index in [1.165, 1.54) is 10.6 Å². The quantitative estimate of drug-likeness (QED) is 0.217. The molecule has 1 aromatic heterocycles. The number of aromatic nitrogens is 2. The van der Waals surface area contributed by atoms with Crippen molar-refractivity contribution in [3.05, 3.63) is 99.5 Å². The maximum Gasteiger partial charge on any atom is 0.419 e. The summed E-state index contributed by atoms with van der Waals surface area (Å²) in [5.74, 6) is -0.440. The number of hydrogen-bond donors (Lipinski definition) is 0. The number of nitrogens with zero attached hydrogens (tertiary/aromatic N) is 2. The van der Waals surface area contributed by atoms with Gasteiger partial charge in [0.25, 0.3) is 0 Å². The molecule has 0 bridgehead atoms. The molecule has 12 heteroatoms. The molecule has 0 saturated carbocycles. The number of aryl methyl sites for hydroxylation is 1. The topological polar surface area (TPSA) is 62.6 Å². The number of halogens is 6. The van der Waals surface area contributed by atoms with Crippen molar-refractivity contribution in [3.8, 4) is 34.4 Å². The van der Waals surface area contributed by atoms with E-state index in [1.807, 2.05) is 19.1 Å². The molecule has 4 aromatic rings. The Balaban J connectivity index is 1.39. The molecule has 5 rings (SSSR count). The molecule has 0 radical (unpaired) electrons. The van der Waals surface area contributed by atoms with Crippen LogP contribution >= 0.6 is 0 Å². The molecule has 0 atom stereocenters. The Hall–Kier alpha value is -4.48. The maximum absolute atomic E-state index is 13.9. The molecule has 6 nitrogen and oxygen atoms in total. The Morgan fingerprint density at radius 3 is 2.41 bits per heavy atom.